The topological polar surface area (TPSA) is 26.3 Å². The molecule has 20 heteroatoms. The molecule has 0 unspecified atom stereocenters. The minimum atomic E-state index is 0.897. The molecule has 0 saturated carbocycles. The average Bonchev–Trinajstić information content (AvgIpc) is 4.04. The van der Waals surface area contributed by atoms with Crippen molar-refractivity contribution in [3.8, 4) is 33.4 Å². The minimum absolute atomic E-state index is 0.897. The van der Waals surface area contributed by atoms with Crippen molar-refractivity contribution in [3.63, 3.8) is 0 Å². The van der Waals surface area contributed by atoms with Gasteiger partial charge in [0.2, 0.25) is 0 Å². The molecule has 0 aliphatic heterocycles. The van der Waals surface area contributed by atoms with Crippen LogP contribution in [0.4, 0.5) is 0 Å². The molecule has 2 heterocycles. The highest BCUT2D eigenvalue weighted by atomic mass is 16.3. The van der Waals surface area contributed by atoms with E-state index < -0.39 is 0 Å². The van der Waals surface area contributed by atoms with Crippen molar-refractivity contribution >= 4 is 348 Å². The van der Waals surface area contributed by atoms with Crippen molar-refractivity contribution in [1.82, 2.24) is 0 Å². The Kier molecular flexibility index (Phi) is 10.1. The van der Waals surface area contributed by atoms with E-state index in [9.17, 15) is 0 Å². The predicted molar refractivity (Wildman–Crippen MR) is 392 cm³/mol. The summed E-state index contributed by atoms with van der Waals surface area (Å²) in [6.07, 6.45) is 0. The van der Waals surface area contributed by atoms with Crippen LogP contribution in [0.1, 0.15) is 0 Å². The first kappa shape index (κ1) is 47.9. The number of hydrogen-bond donors (Lipinski definition) is 0. The van der Waals surface area contributed by atoms with Gasteiger partial charge in [-0.15, -0.1) is 10.9 Å². The molecular formula is C56H48B18O2. The second kappa shape index (κ2) is 16.0. The maximum Gasteiger partial charge on any atom is 0.139 e. The second-order valence-corrected chi connectivity index (χ2v) is 23.5. The zero-order chi connectivity index (χ0) is 53.3. The lowest BCUT2D eigenvalue weighted by atomic mass is 9.58. The monoisotopic (exact) mass is 951 g/mol. The van der Waals surface area contributed by atoms with Gasteiger partial charge in [0.15, 0.2) is 0 Å². The third-order valence-electron chi connectivity index (χ3n) is 20.5. The van der Waals surface area contributed by atoms with Gasteiger partial charge < -0.3 is 8.83 Å². The van der Waals surface area contributed by atoms with Gasteiger partial charge in [0, 0.05) is 21.5 Å². The van der Waals surface area contributed by atoms with Crippen molar-refractivity contribution < 1.29 is 8.83 Å². The quantitative estimate of drug-likeness (QED) is 0.130. The van der Waals surface area contributed by atoms with Gasteiger partial charge in [0.25, 0.3) is 0 Å². The molecule has 14 aromatic rings. The van der Waals surface area contributed by atoms with Crippen LogP contribution in [0.15, 0.2) is 81.6 Å². The third kappa shape index (κ3) is 5.87. The van der Waals surface area contributed by atoms with Crippen molar-refractivity contribution in [3.05, 3.63) is 72.8 Å². The van der Waals surface area contributed by atoms with E-state index in [4.69, 9.17) is 8.83 Å². The molecule has 0 atom stereocenters. The third-order valence-corrected chi connectivity index (χ3v) is 20.5. The largest absolute Gasteiger partial charge is 0.456 e. The van der Waals surface area contributed by atoms with Crippen LogP contribution in [0, 0.1) is 0 Å². The molecule has 0 N–H and O–H groups in total. The first-order valence-corrected chi connectivity index (χ1v) is 27.5. The van der Waals surface area contributed by atoms with Crippen molar-refractivity contribution in [1.29, 1.82) is 0 Å². The Morgan fingerprint density at radius 1 is 0.184 bits per heavy atom. The van der Waals surface area contributed by atoms with Crippen molar-refractivity contribution in [2.24, 2.45) is 0 Å². The predicted octanol–water partition coefficient (Wildman–Crippen LogP) is -15.1. The summed E-state index contributed by atoms with van der Waals surface area (Å²) in [6.45, 7) is 0. The highest BCUT2D eigenvalue weighted by molar-refractivity contribution is 6.77. The van der Waals surface area contributed by atoms with E-state index in [1.54, 1.807) is 0 Å². The smallest absolute Gasteiger partial charge is 0.139 e. The van der Waals surface area contributed by atoms with E-state index in [1.165, 1.54) is 185 Å². The highest BCUT2D eigenvalue weighted by Gasteiger charge is 2.28. The zero-order valence-corrected chi connectivity index (χ0v) is 47.7. The summed E-state index contributed by atoms with van der Waals surface area (Å²) in [6, 6.07) is 27.2. The maximum atomic E-state index is 6.66. The molecule has 2 nitrogen and oxygen atoms in total. The number of benzene rings is 12. The molecule has 14 rings (SSSR count). The van der Waals surface area contributed by atoms with Gasteiger partial charge in [0.05, 0.1) is 0 Å². The summed E-state index contributed by atoms with van der Waals surface area (Å²) < 4.78 is 13.3. The zero-order valence-electron chi connectivity index (χ0n) is 47.7. The SMILES string of the molecule is Bc1c(B)c2c(B)c(B)c3c(B)c(B)c(-c4ccc5oc6ccc(-c7ccc8oc9ccc(-c%10c(B)c(B)c%11c(B)c(B)c%12c(B)c(B)c(B)c%13c(B)c(B)c%10c%11c%12%13)cc9c8c7)cc6c5c4)c4c(B)c(B)c(c1B)c2c34. The lowest BCUT2D eigenvalue weighted by Gasteiger charge is -2.29. The van der Waals surface area contributed by atoms with Crippen LogP contribution in [0.25, 0.3) is 142 Å². The molecule has 2 aromatic heterocycles. The van der Waals surface area contributed by atoms with Crippen LogP contribution in [0.5, 0.6) is 0 Å². The molecular weight excluding hydrogens is 899 g/mol. The second-order valence-electron chi connectivity index (χ2n) is 23.5. The van der Waals surface area contributed by atoms with Crippen LogP contribution in [-0.2, 0) is 0 Å². The summed E-state index contributed by atoms with van der Waals surface area (Å²) >= 11 is 0. The fourth-order valence-corrected chi connectivity index (χ4v) is 15.3. The number of rotatable bonds is 3. The van der Waals surface area contributed by atoms with E-state index in [-0.39, 0.29) is 0 Å². The van der Waals surface area contributed by atoms with Crippen LogP contribution in [-0.4, -0.2) is 141 Å². The van der Waals surface area contributed by atoms with Gasteiger partial charge in [-0.25, -0.2) is 0 Å². The van der Waals surface area contributed by atoms with Crippen LogP contribution < -0.4 is 98.3 Å². The Labute approximate surface area is 460 Å². The number of furan rings is 2. The normalized spacial score (nSPS) is 12.4. The summed E-state index contributed by atoms with van der Waals surface area (Å²) in [5, 5.41) is 21.6. The average molecular weight is 948 g/mol. The van der Waals surface area contributed by atoms with Crippen LogP contribution in [0.3, 0.4) is 0 Å². The molecule has 338 valence electrons. The van der Waals surface area contributed by atoms with Gasteiger partial charge in [-0.1, -0.05) is 112 Å². The van der Waals surface area contributed by atoms with E-state index >= 15 is 0 Å². The van der Waals surface area contributed by atoms with Gasteiger partial charge >= 0.3 is 0 Å². The van der Waals surface area contributed by atoms with Gasteiger partial charge in [-0.05, 0) is 147 Å². The first-order valence-electron chi connectivity index (χ1n) is 27.5. The van der Waals surface area contributed by atoms with Gasteiger partial charge in [-0.3, -0.25) is 0 Å². The lowest BCUT2D eigenvalue weighted by molar-refractivity contribution is 0.668. The molecule has 0 saturated heterocycles. The Morgan fingerprint density at radius 2 is 0.382 bits per heavy atom. The molecule has 0 radical (unpaired) electrons. The van der Waals surface area contributed by atoms with Crippen LogP contribution in [0.2, 0.25) is 0 Å². The van der Waals surface area contributed by atoms with Gasteiger partial charge in [0.1, 0.15) is 164 Å². The Morgan fingerprint density at radius 3 is 0.658 bits per heavy atom. The molecule has 0 fully saturated rings. The van der Waals surface area contributed by atoms with E-state index in [0.29, 0.717) is 0 Å². The van der Waals surface area contributed by atoms with E-state index in [2.05, 4.69) is 214 Å². The highest BCUT2D eigenvalue weighted by Crippen LogP contribution is 2.41. The Bertz CT molecular complexity index is 4730. The Hall–Kier alpha value is -6.51. The Balaban J connectivity index is 0.950. The fraction of sp³-hybridized carbons (Fsp3) is 0. The number of hydrogen-bond acceptors (Lipinski definition) is 2. The first-order chi connectivity index (χ1) is 36.2. The molecule has 12 aromatic carbocycles. The summed E-state index contributed by atoms with van der Waals surface area (Å²) in [5.41, 5.74) is 36.0. The maximum absolute atomic E-state index is 6.66. The van der Waals surface area contributed by atoms with Crippen LogP contribution >= 0.6 is 0 Å². The molecule has 76 heavy (non-hydrogen) atoms. The summed E-state index contributed by atoms with van der Waals surface area (Å²) in [5.74, 6) is 0. The lowest BCUT2D eigenvalue weighted by Crippen LogP contribution is -2.48. The van der Waals surface area contributed by atoms with Crippen molar-refractivity contribution in [2.45, 2.75) is 0 Å². The van der Waals surface area contributed by atoms with E-state index in [0.717, 1.165) is 55.0 Å². The minimum Gasteiger partial charge on any atom is -0.456 e. The van der Waals surface area contributed by atoms with Gasteiger partial charge in [-0.2, -0.15) is 0 Å². The van der Waals surface area contributed by atoms with Crippen molar-refractivity contribution in [2.75, 3.05) is 0 Å². The molecule has 0 bridgehead atoms. The molecule has 0 aliphatic rings. The molecule has 0 aliphatic carbocycles. The summed E-state index contributed by atoms with van der Waals surface area (Å²) in [7, 11) is 42.2. The standard InChI is InChI=1S/C56H48B18O2/c57-39-25(31-27-29-35(45(63)41(31)59)51(69)55(73)53(71)37(29)49(67)47(65)33(27)43(39)61)15-3-7-23-19(11-15)17-9-13(1-5-21(17)75-23)14-2-6-22-18(10-14)20-12-16(4-8-24(20)76-22)26-32-28-30-36(46(64)42(32)60)52(70)56(74)54(72)38(30)50(68)48(66)34(28)44(62)40(26)58/h1-12H,57-74H2. The molecule has 0 spiro atoms. The summed E-state index contributed by atoms with van der Waals surface area (Å²) in [4.78, 5) is 0. The molecule has 0 amide bonds. The fourth-order valence-electron chi connectivity index (χ4n) is 15.3. The number of fused-ring (bicyclic) bond motifs is 6. The van der Waals surface area contributed by atoms with E-state index in [1.807, 2.05) is 0 Å².